The van der Waals surface area contributed by atoms with E-state index in [9.17, 15) is 4.79 Å². The van der Waals surface area contributed by atoms with Crippen LogP contribution in [0.3, 0.4) is 0 Å². The number of para-hydroxylation sites is 2. The lowest BCUT2D eigenvalue weighted by atomic mass is 10.1. The molecule has 126 valence electrons. The van der Waals surface area contributed by atoms with E-state index in [1.807, 2.05) is 49.4 Å². The van der Waals surface area contributed by atoms with Gasteiger partial charge in [0.25, 0.3) is 5.91 Å². The standard InChI is InChI=1S/C20H17ClN2O2/c1-14-6-2-4-8-17(14)23-20(24)16-7-3-5-9-18(16)25-13-15-10-11-19(21)22-12-15/h2-12H,13H2,1H3,(H,23,24). The number of benzene rings is 2. The molecule has 0 spiro atoms. The minimum absolute atomic E-state index is 0.209. The molecule has 0 aliphatic rings. The fourth-order valence-electron chi connectivity index (χ4n) is 2.34. The van der Waals surface area contributed by atoms with Gasteiger partial charge in [0, 0.05) is 17.4 Å². The molecule has 3 aromatic rings. The van der Waals surface area contributed by atoms with Crippen molar-refractivity contribution in [3.63, 3.8) is 0 Å². The Morgan fingerprint density at radius 1 is 1.08 bits per heavy atom. The van der Waals surface area contributed by atoms with Crippen molar-refractivity contribution in [3.8, 4) is 5.75 Å². The summed E-state index contributed by atoms with van der Waals surface area (Å²) < 4.78 is 5.81. The Morgan fingerprint density at radius 3 is 2.60 bits per heavy atom. The molecule has 0 aliphatic carbocycles. The fourth-order valence-corrected chi connectivity index (χ4v) is 2.45. The topological polar surface area (TPSA) is 51.2 Å². The number of carbonyl (C=O) groups is 1. The molecule has 0 unspecified atom stereocenters. The number of aryl methyl sites for hydroxylation is 1. The van der Waals surface area contributed by atoms with Gasteiger partial charge in [0.1, 0.15) is 17.5 Å². The maximum Gasteiger partial charge on any atom is 0.259 e. The quantitative estimate of drug-likeness (QED) is 0.666. The second-order valence-corrected chi connectivity index (χ2v) is 5.93. The molecule has 0 saturated carbocycles. The minimum atomic E-state index is -0.209. The van der Waals surface area contributed by atoms with Gasteiger partial charge in [-0.1, -0.05) is 48.0 Å². The Bertz CT molecular complexity index is 879. The third-order valence-electron chi connectivity index (χ3n) is 3.71. The van der Waals surface area contributed by atoms with Gasteiger partial charge in [-0.2, -0.15) is 0 Å². The summed E-state index contributed by atoms with van der Waals surface area (Å²) in [5.74, 6) is 0.308. The second kappa shape index (κ2) is 7.81. The molecule has 1 N–H and O–H groups in total. The molecule has 5 heteroatoms. The lowest BCUT2D eigenvalue weighted by Gasteiger charge is -2.13. The van der Waals surface area contributed by atoms with E-state index < -0.39 is 0 Å². The maximum absolute atomic E-state index is 12.6. The number of amides is 1. The van der Waals surface area contributed by atoms with Gasteiger partial charge < -0.3 is 10.1 Å². The van der Waals surface area contributed by atoms with Crippen LogP contribution in [0.1, 0.15) is 21.5 Å². The molecule has 0 bridgehead atoms. The summed E-state index contributed by atoms with van der Waals surface area (Å²) in [5, 5.41) is 3.36. The van der Waals surface area contributed by atoms with Gasteiger partial charge in [0.05, 0.1) is 5.56 Å². The molecule has 0 aliphatic heterocycles. The highest BCUT2D eigenvalue weighted by atomic mass is 35.5. The molecular weight excluding hydrogens is 336 g/mol. The van der Waals surface area contributed by atoms with Crippen molar-refractivity contribution in [3.05, 3.63) is 88.7 Å². The number of nitrogens with one attached hydrogen (secondary N) is 1. The van der Waals surface area contributed by atoms with Gasteiger partial charge in [-0.15, -0.1) is 0 Å². The Hall–Kier alpha value is -2.85. The number of carbonyl (C=O) groups excluding carboxylic acids is 1. The Kier molecular flexibility index (Phi) is 5.31. The van der Waals surface area contributed by atoms with Gasteiger partial charge >= 0.3 is 0 Å². The van der Waals surface area contributed by atoms with Gasteiger partial charge in [0.15, 0.2) is 0 Å². The highest BCUT2D eigenvalue weighted by Crippen LogP contribution is 2.22. The van der Waals surface area contributed by atoms with Crippen molar-refractivity contribution >= 4 is 23.2 Å². The zero-order chi connectivity index (χ0) is 17.6. The molecular formula is C20H17ClN2O2. The minimum Gasteiger partial charge on any atom is -0.488 e. The number of hydrogen-bond acceptors (Lipinski definition) is 3. The van der Waals surface area contributed by atoms with Crippen molar-refractivity contribution in [2.24, 2.45) is 0 Å². The van der Waals surface area contributed by atoms with E-state index in [4.69, 9.17) is 16.3 Å². The predicted molar refractivity (Wildman–Crippen MR) is 99.2 cm³/mol. The number of ether oxygens (including phenoxy) is 1. The zero-order valence-electron chi connectivity index (χ0n) is 13.7. The number of aromatic nitrogens is 1. The SMILES string of the molecule is Cc1ccccc1NC(=O)c1ccccc1OCc1ccc(Cl)nc1. The van der Waals surface area contributed by atoms with E-state index in [0.717, 1.165) is 16.8 Å². The average molecular weight is 353 g/mol. The van der Waals surface area contributed by atoms with Crippen LogP contribution in [-0.2, 0) is 6.61 Å². The van der Waals surface area contributed by atoms with Crippen LogP contribution in [0.2, 0.25) is 5.15 Å². The number of nitrogens with zero attached hydrogens (tertiary/aromatic N) is 1. The summed E-state index contributed by atoms with van der Waals surface area (Å²) in [6, 6.07) is 18.3. The molecule has 0 radical (unpaired) electrons. The molecule has 4 nitrogen and oxygen atoms in total. The van der Waals surface area contributed by atoms with Crippen LogP contribution < -0.4 is 10.1 Å². The Balaban J connectivity index is 1.75. The summed E-state index contributed by atoms with van der Waals surface area (Å²) in [6.07, 6.45) is 1.65. The molecule has 0 saturated heterocycles. The highest BCUT2D eigenvalue weighted by Gasteiger charge is 2.13. The van der Waals surface area contributed by atoms with E-state index in [-0.39, 0.29) is 5.91 Å². The summed E-state index contributed by atoms with van der Waals surface area (Å²) >= 11 is 5.78. The van der Waals surface area contributed by atoms with Crippen LogP contribution in [0, 0.1) is 6.92 Å². The average Bonchev–Trinajstić information content (AvgIpc) is 2.63. The van der Waals surface area contributed by atoms with Crippen molar-refractivity contribution in [1.82, 2.24) is 4.98 Å². The molecule has 0 fully saturated rings. The van der Waals surface area contributed by atoms with Crippen LogP contribution in [0.25, 0.3) is 0 Å². The van der Waals surface area contributed by atoms with Crippen LogP contribution >= 0.6 is 11.6 Å². The van der Waals surface area contributed by atoms with Gasteiger partial charge in [-0.25, -0.2) is 4.98 Å². The number of anilines is 1. The first-order valence-corrected chi connectivity index (χ1v) is 8.20. The molecule has 1 heterocycles. The molecule has 0 atom stereocenters. The fraction of sp³-hybridized carbons (Fsp3) is 0.100. The Labute approximate surface area is 151 Å². The molecule has 2 aromatic carbocycles. The van der Waals surface area contributed by atoms with E-state index in [2.05, 4.69) is 10.3 Å². The summed E-state index contributed by atoms with van der Waals surface area (Å²) in [5.41, 5.74) is 3.14. The maximum atomic E-state index is 12.6. The van der Waals surface area contributed by atoms with Crippen molar-refractivity contribution in [2.45, 2.75) is 13.5 Å². The number of rotatable bonds is 5. The number of pyridine rings is 1. The summed E-state index contributed by atoms with van der Waals surface area (Å²) in [6.45, 7) is 2.25. The zero-order valence-corrected chi connectivity index (χ0v) is 14.5. The lowest BCUT2D eigenvalue weighted by Crippen LogP contribution is -2.14. The molecule has 25 heavy (non-hydrogen) atoms. The van der Waals surface area contributed by atoms with E-state index in [0.29, 0.717) is 23.1 Å². The highest BCUT2D eigenvalue weighted by molar-refractivity contribution is 6.29. The third kappa shape index (κ3) is 4.37. The lowest BCUT2D eigenvalue weighted by molar-refractivity contribution is 0.102. The van der Waals surface area contributed by atoms with Crippen LogP contribution in [-0.4, -0.2) is 10.9 Å². The largest absolute Gasteiger partial charge is 0.488 e. The van der Waals surface area contributed by atoms with Gasteiger partial charge in [-0.05, 0) is 36.8 Å². The normalized spacial score (nSPS) is 10.3. The molecule has 1 aromatic heterocycles. The van der Waals surface area contributed by atoms with E-state index in [1.165, 1.54) is 0 Å². The third-order valence-corrected chi connectivity index (χ3v) is 3.93. The van der Waals surface area contributed by atoms with Crippen LogP contribution in [0.5, 0.6) is 5.75 Å². The van der Waals surface area contributed by atoms with Crippen LogP contribution in [0.15, 0.2) is 66.9 Å². The summed E-state index contributed by atoms with van der Waals surface area (Å²) in [4.78, 5) is 16.6. The number of halogens is 1. The second-order valence-electron chi connectivity index (χ2n) is 5.54. The van der Waals surface area contributed by atoms with Crippen LogP contribution in [0.4, 0.5) is 5.69 Å². The van der Waals surface area contributed by atoms with Crippen molar-refractivity contribution in [2.75, 3.05) is 5.32 Å². The monoisotopic (exact) mass is 352 g/mol. The van der Waals surface area contributed by atoms with Crippen molar-refractivity contribution in [1.29, 1.82) is 0 Å². The molecule has 3 rings (SSSR count). The number of hydrogen-bond donors (Lipinski definition) is 1. The van der Waals surface area contributed by atoms with E-state index in [1.54, 1.807) is 24.4 Å². The first-order chi connectivity index (χ1) is 12.1. The van der Waals surface area contributed by atoms with Gasteiger partial charge in [-0.3, -0.25) is 4.79 Å². The first-order valence-electron chi connectivity index (χ1n) is 7.83. The van der Waals surface area contributed by atoms with Gasteiger partial charge in [0.2, 0.25) is 0 Å². The smallest absolute Gasteiger partial charge is 0.259 e. The van der Waals surface area contributed by atoms with E-state index >= 15 is 0 Å². The first kappa shape index (κ1) is 17.0. The predicted octanol–water partition coefficient (Wildman–Crippen LogP) is 4.87. The molecule has 1 amide bonds. The van der Waals surface area contributed by atoms with Crippen molar-refractivity contribution < 1.29 is 9.53 Å². The summed E-state index contributed by atoms with van der Waals surface area (Å²) in [7, 11) is 0. The Morgan fingerprint density at radius 2 is 1.84 bits per heavy atom.